The van der Waals surface area contributed by atoms with E-state index in [2.05, 4.69) is 11.9 Å². The van der Waals surface area contributed by atoms with E-state index in [0.717, 1.165) is 56.3 Å². The lowest BCUT2D eigenvalue weighted by atomic mass is 9.75. The normalized spacial score (nSPS) is 25.8. The predicted octanol–water partition coefficient (Wildman–Crippen LogP) is 2.96. The van der Waals surface area contributed by atoms with E-state index in [0.29, 0.717) is 5.92 Å². The predicted molar refractivity (Wildman–Crippen MR) is 98.7 cm³/mol. The van der Waals surface area contributed by atoms with Gasteiger partial charge in [0.15, 0.2) is 0 Å². The zero-order valence-corrected chi connectivity index (χ0v) is 15.5. The highest BCUT2D eigenvalue weighted by Crippen LogP contribution is 2.39. The van der Waals surface area contributed by atoms with Crippen molar-refractivity contribution in [1.82, 2.24) is 9.80 Å². The lowest BCUT2D eigenvalue weighted by molar-refractivity contribution is -0.0761. The number of aryl methyl sites for hydroxylation is 1. The van der Waals surface area contributed by atoms with Crippen LogP contribution >= 0.6 is 0 Å². The fourth-order valence-electron chi connectivity index (χ4n) is 4.38. The molecule has 1 aromatic rings. The Hall–Kier alpha value is -1.39. The van der Waals surface area contributed by atoms with Crippen LogP contribution in [0.25, 0.3) is 0 Å². The van der Waals surface area contributed by atoms with Gasteiger partial charge in [-0.3, -0.25) is 9.69 Å². The monoisotopic (exact) mass is 342 g/mol. The van der Waals surface area contributed by atoms with Crippen LogP contribution in [-0.4, -0.2) is 61.1 Å². The first kappa shape index (κ1) is 17.0. The Balaban J connectivity index is 1.33. The fourth-order valence-corrected chi connectivity index (χ4v) is 4.38. The lowest BCUT2D eigenvalue weighted by Gasteiger charge is -2.58. The highest BCUT2D eigenvalue weighted by molar-refractivity contribution is 5.95. The quantitative estimate of drug-likeness (QED) is 0.825. The van der Waals surface area contributed by atoms with Gasteiger partial charge in [-0.2, -0.15) is 0 Å². The van der Waals surface area contributed by atoms with Crippen LogP contribution in [0, 0.1) is 18.8 Å². The first-order valence-corrected chi connectivity index (χ1v) is 9.71. The van der Waals surface area contributed by atoms with Gasteiger partial charge in [0.25, 0.3) is 5.91 Å². The number of carbonyl (C=O) groups is 1. The number of rotatable bonds is 5. The summed E-state index contributed by atoms with van der Waals surface area (Å²) >= 11 is 0. The summed E-state index contributed by atoms with van der Waals surface area (Å²) < 4.78 is 5.95. The molecule has 4 nitrogen and oxygen atoms in total. The highest BCUT2D eigenvalue weighted by atomic mass is 16.5. The number of amides is 1. The third-order valence-electron chi connectivity index (χ3n) is 6.28. The maximum Gasteiger partial charge on any atom is 0.253 e. The second-order valence-corrected chi connectivity index (χ2v) is 8.52. The van der Waals surface area contributed by atoms with E-state index in [4.69, 9.17) is 4.74 Å². The molecule has 4 heteroatoms. The molecule has 2 aliphatic heterocycles. The first-order chi connectivity index (χ1) is 12.1. The topological polar surface area (TPSA) is 32.8 Å². The molecule has 2 saturated heterocycles. The van der Waals surface area contributed by atoms with Gasteiger partial charge in [-0.05, 0) is 70.2 Å². The summed E-state index contributed by atoms with van der Waals surface area (Å²) in [5.41, 5.74) is 2.13. The van der Waals surface area contributed by atoms with Gasteiger partial charge in [0.2, 0.25) is 0 Å². The number of likely N-dealkylation sites (N-methyl/N-ethyl adjacent to an activating group) is 1. The second-order valence-electron chi connectivity index (χ2n) is 8.52. The SMILES string of the molecule is Cc1cccc(C(=O)N2CC3(C[C@H](COCC4CC4)CCN3C)C2)c1. The van der Waals surface area contributed by atoms with Crippen molar-refractivity contribution < 1.29 is 9.53 Å². The van der Waals surface area contributed by atoms with E-state index < -0.39 is 0 Å². The Morgan fingerprint density at radius 3 is 2.68 bits per heavy atom. The van der Waals surface area contributed by atoms with E-state index in [1.165, 1.54) is 19.3 Å². The molecule has 0 N–H and O–H groups in total. The first-order valence-electron chi connectivity index (χ1n) is 9.71. The maximum atomic E-state index is 12.7. The molecule has 1 saturated carbocycles. The number of nitrogens with zero attached hydrogens (tertiary/aromatic N) is 2. The summed E-state index contributed by atoms with van der Waals surface area (Å²) in [4.78, 5) is 17.2. The number of hydrogen-bond donors (Lipinski definition) is 0. The molecule has 1 amide bonds. The average Bonchev–Trinajstić information content (AvgIpc) is 3.38. The van der Waals surface area contributed by atoms with Crippen molar-refractivity contribution in [3.05, 3.63) is 35.4 Å². The molecule has 3 fully saturated rings. The van der Waals surface area contributed by atoms with Crippen molar-refractivity contribution in [2.75, 3.05) is 39.9 Å². The summed E-state index contributed by atoms with van der Waals surface area (Å²) in [5, 5.41) is 0. The van der Waals surface area contributed by atoms with Crippen LogP contribution in [0.1, 0.15) is 41.6 Å². The van der Waals surface area contributed by atoms with Crippen molar-refractivity contribution in [1.29, 1.82) is 0 Å². The van der Waals surface area contributed by atoms with Gasteiger partial charge < -0.3 is 9.64 Å². The minimum absolute atomic E-state index is 0.172. The third-order valence-corrected chi connectivity index (χ3v) is 6.28. The van der Waals surface area contributed by atoms with Crippen LogP contribution in [-0.2, 0) is 4.74 Å². The highest BCUT2D eigenvalue weighted by Gasteiger charge is 2.51. The van der Waals surface area contributed by atoms with Crippen molar-refractivity contribution >= 4 is 5.91 Å². The van der Waals surface area contributed by atoms with Gasteiger partial charge in [-0.25, -0.2) is 0 Å². The van der Waals surface area contributed by atoms with Crippen LogP contribution in [0.15, 0.2) is 24.3 Å². The Kier molecular flexibility index (Phi) is 4.59. The van der Waals surface area contributed by atoms with Crippen LogP contribution in [0.2, 0.25) is 0 Å². The average molecular weight is 342 g/mol. The Labute approximate surface area is 151 Å². The molecule has 136 valence electrons. The molecule has 1 aromatic carbocycles. The van der Waals surface area contributed by atoms with Crippen LogP contribution in [0.5, 0.6) is 0 Å². The number of likely N-dealkylation sites (tertiary alicyclic amines) is 2. The standard InChI is InChI=1S/C21H30N2O2/c1-16-4-3-5-19(10-16)20(24)23-14-21(15-23)11-18(8-9-22(21)2)13-25-12-17-6-7-17/h3-5,10,17-18H,6-9,11-15H2,1-2H3/t18-/m1/s1. The summed E-state index contributed by atoms with van der Waals surface area (Å²) in [6.07, 6.45) is 5.08. The largest absolute Gasteiger partial charge is 0.381 e. The summed E-state index contributed by atoms with van der Waals surface area (Å²) in [5.74, 6) is 1.66. The summed E-state index contributed by atoms with van der Waals surface area (Å²) in [6.45, 7) is 6.72. The minimum Gasteiger partial charge on any atom is -0.381 e. The number of carbonyl (C=O) groups excluding carboxylic acids is 1. The van der Waals surface area contributed by atoms with Gasteiger partial charge in [0, 0.05) is 31.9 Å². The molecule has 0 bridgehead atoms. The van der Waals surface area contributed by atoms with Crippen LogP contribution in [0.3, 0.4) is 0 Å². The molecular weight excluding hydrogens is 312 g/mol. The van der Waals surface area contributed by atoms with Crippen molar-refractivity contribution in [3.63, 3.8) is 0 Å². The fraction of sp³-hybridized carbons (Fsp3) is 0.667. The molecule has 25 heavy (non-hydrogen) atoms. The minimum atomic E-state index is 0.172. The Morgan fingerprint density at radius 1 is 1.20 bits per heavy atom. The molecule has 3 aliphatic rings. The van der Waals surface area contributed by atoms with E-state index in [9.17, 15) is 4.79 Å². The zero-order chi connectivity index (χ0) is 17.4. The number of piperidine rings is 1. The number of benzene rings is 1. The van der Waals surface area contributed by atoms with Crippen LogP contribution < -0.4 is 0 Å². The molecular formula is C21H30N2O2. The molecule has 1 spiro atoms. The van der Waals surface area contributed by atoms with Crippen LogP contribution in [0.4, 0.5) is 0 Å². The Bertz CT molecular complexity index is 635. The van der Waals surface area contributed by atoms with Gasteiger partial charge in [0.05, 0.1) is 5.54 Å². The summed E-state index contributed by atoms with van der Waals surface area (Å²) in [6, 6.07) is 7.93. The molecule has 2 heterocycles. The lowest BCUT2D eigenvalue weighted by Crippen LogP contribution is -2.72. The van der Waals surface area contributed by atoms with E-state index in [1.54, 1.807) is 0 Å². The molecule has 0 unspecified atom stereocenters. The second kappa shape index (κ2) is 6.73. The maximum absolute atomic E-state index is 12.7. The number of ether oxygens (including phenoxy) is 1. The van der Waals surface area contributed by atoms with Gasteiger partial charge in [0.1, 0.15) is 0 Å². The van der Waals surface area contributed by atoms with Crippen molar-refractivity contribution in [2.45, 2.75) is 38.1 Å². The molecule has 0 radical (unpaired) electrons. The molecule has 1 aliphatic carbocycles. The van der Waals surface area contributed by atoms with Gasteiger partial charge >= 0.3 is 0 Å². The van der Waals surface area contributed by atoms with Crippen molar-refractivity contribution in [3.8, 4) is 0 Å². The van der Waals surface area contributed by atoms with E-state index in [1.807, 2.05) is 36.1 Å². The number of hydrogen-bond acceptors (Lipinski definition) is 3. The van der Waals surface area contributed by atoms with E-state index >= 15 is 0 Å². The molecule has 0 aromatic heterocycles. The zero-order valence-electron chi connectivity index (χ0n) is 15.5. The van der Waals surface area contributed by atoms with Gasteiger partial charge in [-0.15, -0.1) is 0 Å². The molecule has 4 rings (SSSR count). The molecule has 1 atom stereocenters. The van der Waals surface area contributed by atoms with Gasteiger partial charge in [-0.1, -0.05) is 17.7 Å². The third kappa shape index (κ3) is 3.61. The van der Waals surface area contributed by atoms with Crippen molar-refractivity contribution in [2.24, 2.45) is 11.8 Å². The smallest absolute Gasteiger partial charge is 0.253 e. The Morgan fingerprint density at radius 2 is 1.96 bits per heavy atom. The van der Waals surface area contributed by atoms with E-state index in [-0.39, 0.29) is 11.4 Å². The summed E-state index contributed by atoms with van der Waals surface area (Å²) in [7, 11) is 2.22.